The van der Waals surface area contributed by atoms with E-state index in [-0.39, 0.29) is 5.82 Å². The molecule has 1 unspecified atom stereocenters. The van der Waals surface area contributed by atoms with Crippen LogP contribution in [0.4, 0.5) is 10.1 Å². The van der Waals surface area contributed by atoms with Crippen LogP contribution in [0.5, 0.6) is 0 Å². The lowest BCUT2D eigenvalue weighted by Crippen LogP contribution is -2.31. The molecule has 0 bridgehead atoms. The Labute approximate surface area is 116 Å². The maximum Gasteiger partial charge on any atom is 0.123 e. The first kappa shape index (κ1) is 14.3. The molecule has 1 aromatic rings. The molecule has 1 aromatic carbocycles. The van der Waals surface area contributed by atoms with Crippen molar-refractivity contribution in [2.24, 2.45) is 5.92 Å². The molecule has 1 aliphatic heterocycles. The Hall–Kier alpha value is -1.09. The molecule has 1 atom stereocenters. The molecular formula is C16H25FN2. The lowest BCUT2D eigenvalue weighted by atomic mass is 9.94. The molecule has 3 heteroatoms. The normalized spacial score (nSPS) is 19.4. The van der Waals surface area contributed by atoms with Crippen molar-refractivity contribution in [3.05, 3.63) is 30.1 Å². The van der Waals surface area contributed by atoms with E-state index in [4.69, 9.17) is 0 Å². The summed E-state index contributed by atoms with van der Waals surface area (Å²) < 4.78 is 12.9. The van der Waals surface area contributed by atoms with Crippen LogP contribution in [0, 0.1) is 11.7 Å². The quantitative estimate of drug-likeness (QED) is 0.847. The first-order chi connectivity index (χ1) is 9.29. The highest BCUT2D eigenvalue weighted by molar-refractivity contribution is 5.45. The summed E-state index contributed by atoms with van der Waals surface area (Å²) in [6, 6.07) is 6.84. The Morgan fingerprint density at radius 1 is 1.32 bits per heavy atom. The maximum atomic E-state index is 12.9. The summed E-state index contributed by atoms with van der Waals surface area (Å²) in [6.07, 6.45) is 5.21. The van der Waals surface area contributed by atoms with Crippen LogP contribution in [0.1, 0.15) is 32.6 Å². The highest BCUT2D eigenvalue weighted by atomic mass is 19.1. The molecule has 2 nitrogen and oxygen atoms in total. The van der Waals surface area contributed by atoms with Crippen LogP contribution in [-0.4, -0.2) is 26.2 Å². The number of hydrogen-bond donors (Lipinski definition) is 1. The van der Waals surface area contributed by atoms with E-state index < -0.39 is 0 Å². The van der Waals surface area contributed by atoms with Crippen LogP contribution in [0.15, 0.2) is 24.3 Å². The first-order valence-electron chi connectivity index (χ1n) is 7.51. The summed E-state index contributed by atoms with van der Waals surface area (Å²) in [4.78, 5) is 2.33. The van der Waals surface area contributed by atoms with E-state index >= 15 is 0 Å². The molecule has 0 aliphatic carbocycles. The van der Waals surface area contributed by atoms with E-state index in [2.05, 4.69) is 17.1 Å². The zero-order valence-corrected chi connectivity index (χ0v) is 11.9. The zero-order valence-electron chi connectivity index (χ0n) is 11.9. The predicted octanol–water partition coefficient (Wildman–Crippen LogP) is 3.43. The lowest BCUT2D eigenvalue weighted by Gasteiger charge is -2.26. The van der Waals surface area contributed by atoms with Gasteiger partial charge in [0.05, 0.1) is 0 Å². The van der Waals surface area contributed by atoms with Crippen molar-refractivity contribution < 1.29 is 4.39 Å². The van der Waals surface area contributed by atoms with Crippen molar-refractivity contribution in [3.8, 4) is 0 Å². The molecule has 1 saturated heterocycles. The molecule has 1 fully saturated rings. The largest absolute Gasteiger partial charge is 0.372 e. The summed E-state index contributed by atoms with van der Waals surface area (Å²) in [6.45, 7) is 6.58. The molecule has 2 rings (SSSR count). The monoisotopic (exact) mass is 264 g/mol. The van der Waals surface area contributed by atoms with Gasteiger partial charge in [0.1, 0.15) is 5.82 Å². The summed E-state index contributed by atoms with van der Waals surface area (Å²) in [5.41, 5.74) is 1.13. The number of hydrogen-bond acceptors (Lipinski definition) is 2. The number of halogens is 1. The fourth-order valence-electron chi connectivity index (χ4n) is 2.86. The van der Waals surface area contributed by atoms with Gasteiger partial charge in [0.25, 0.3) is 0 Å². The molecular weight excluding hydrogens is 239 g/mol. The van der Waals surface area contributed by atoms with Gasteiger partial charge >= 0.3 is 0 Å². The van der Waals surface area contributed by atoms with Crippen molar-refractivity contribution in [2.45, 2.75) is 32.6 Å². The van der Waals surface area contributed by atoms with Crippen molar-refractivity contribution in [2.75, 3.05) is 31.1 Å². The summed E-state index contributed by atoms with van der Waals surface area (Å²) in [5.74, 6) is 0.689. The van der Waals surface area contributed by atoms with Gasteiger partial charge in [0.15, 0.2) is 0 Å². The molecule has 106 valence electrons. The van der Waals surface area contributed by atoms with Crippen LogP contribution in [0.2, 0.25) is 0 Å². The standard InChI is InChI=1S/C16H25FN2/c1-2-19(16-9-7-15(17)8-10-16)12-4-6-14-5-3-11-18-13-14/h7-10,14,18H,2-6,11-13H2,1H3. The second kappa shape index (κ2) is 7.49. The van der Waals surface area contributed by atoms with E-state index in [1.54, 1.807) is 12.1 Å². The molecule has 0 saturated carbocycles. The first-order valence-corrected chi connectivity index (χ1v) is 7.51. The van der Waals surface area contributed by atoms with E-state index in [0.29, 0.717) is 0 Å². The average molecular weight is 264 g/mol. The van der Waals surface area contributed by atoms with Crippen LogP contribution < -0.4 is 10.2 Å². The fraction of sp³-hybridized carbons (Fsp3) is 0.625. The minimum atomic E-state index is -0.159. The van der Waals surface area contributed by atoms with E-state index in [1.165, 1.54) is 38.8 Å². The van der Waals surface area contributed by atoms with Crippen LogP contribution >= 0.6 is 0 Å². The van der Waals surface area contributed by atoms with Crippen LogP contribution in [0.3, 0.4) is 0 Å². The van der Waals surface area contributed by atoms with Gasteiger partial charge in [-0.1, -0.05) is 0 Å². The third-order valence-corrected chi connectivity index (χ3v) is 4.01. The summed E-state index contributed by atoms with van der Waals surface area (Å²) in [5, 5.41) is 3.47. The third-order valence-electron chi connectivity index (χ3n) is 4.01. The number of benzene rings is 1. The Balaban J connectivity index is 1.77. The van der Waals surface area contributed by atoms with Crippen LogP contribution in [-0.2, 0) is 0 Å². The molecule has 19 heavy (non-hydrogen) atoms. The SMILES string of the molecule is CCN(CCCC1CCCNC1)c1ccc(F)cc1. The maximum absolute atomic E-state index is 12.9. The predicted molar refractivity (Wildman–Crippen MR) is 79.1 cm³/mol. The molecule has 0 spiro atoms. The van der Waals surface area contributed by atoms with Gasteiger partial charge in [-0.2, -0.15) is 0 Å². The number of anilines is 1. The van der Waals surface area contributed by atoms with Gasteiger partial charge in [0.2, 0.25) is 0 Å². The molecule has 1 heterocycles. The van der Waals surface area contributed by atoms with Gasteiger partial charge in [-0.15, -0.1) is 0 Å². The summed E-state index contributed by atoms with van der Waals surface area (Å²) in [7, 11) is 0. The minimum Gasteiger partial charge on any atom is -0.372 e. The van der Waals surface area contributed by atoms with Crippen molar-refractivity contribution >= 4 is 5.69 Å². The lowest BCUT2D eigenvalue weighted by molar-refractivity contribution is 0.351. The molecule has 0 aromatic heterocycles. The highest BCUT2D eigenvalue weighted by Crippen LogP contribution is 2.19. The minimum absolute atomic E-state index is 0.159. The van der Waals surface area contributed by atoms with Crippen LogP contribution in [0.25, 0.3) is 0 Å². The second-order valence-electron chi connectivity index (χ2n) is 5.41. The highest BCUT2D eigenvalue weighted by Gasteiger charge is 2.13. The fourth-order valence-corrected chi connectivity index (χ4v) is 2.86. The topological polar surface area (TPSA) is 15.3 Å². The van der Waals surface area contributed by atoms with Gasteiger partial charge in [-0.3, -0.25) is 0 Å². The Morgan fingerprint density at radius 2 is 2.11 bits per heavy atom. The zero-order chi connectivity index (χ0) is 13.5. The Bertz CT molecular complexity index is 358. The molecule has 1 N–H and O–H groups in total. The van der Waals surface area contributed by atoms with Gasteiger partial charge in [-0.25, -0.2) is 4.39 Å². The molecule has 1 aliphatic rings. The Morgan fingerprint density at radius 3 is 2.74 bits per heavy atom. The third kappa shape index (κ3) is 4.50. The van der Waals surface area contributed by atoms with E-state index in [1.807, 2.05) is 12.1 Å². The Kier molecular flexibility index (Phi) is 5.64. The van der Waals surface area contributed by atoms with E-state index in [0.717, 1.165) is 24.7 Å². The van der Waals surface area contributed by atoms with E-state index in [9.17, 15) is 4.39 Å². The number of rotatable bonds is 6. The van der Waals surface area contributed by atoms with Gasteiger partial charge < -0.3 is 10.2 Å². The average Bonchev–Trinajstić information content (AvgIpc) is 2.46. The molecule has 0 radical (unpaired) electrons. The number of nitrogens with one attached hydrogen (secondary N) is 1. The second-order valence-corrected chi connectivity index (χ2v) is 5.41. The van der Waals surface area contributed by atoms with Crippen molar-refractivity contribution in [1.82, 2.24) is 5.32 Å². The molecule has 0 amide bonds. The number of nitrogens with zero attached hydrogens (tertiary/aromatic N) is 1. The van der Waals surface area contributed by atoms with Gasteiger partial charge in [-0.05, 0) is 75.9 Å². The smallest absolute Gasteiger partial charge is 0.123 e. The van der Waals surface area contributed by atoms with Crippen molar-refractivity contribution in [1.29, 1.82) is 0 Å². The van der Waals surface area contributed by atoms with Crippen molar-refractivity contribution in [3.63, 3.8) is 0 Å². The summed E-state index contributed by atoms with van der Waals surface area (Å²) >= 11 is 0. The van der Waals surface area contributed by atoms with Gasteiger partial charge in [0, 0.05) is 18.8 Å². The number of piperidine rings is 1.